The first-order chi connectivity index (χ1) is 10.8. The van der Waals surface area contributed by atoms with Crippen molar-refractivity contribution in [2.45, 2.75) is 18.6 Å². The van der Waals surface area contributed by atoms with Crippen LogP contribution in [0, 0.1) is 5.82 Å². The minimum absolute atomic E-state index is 0.146. The summed E-state index contributed by atoms with van der Waals surface area (Å²) < 4.78 is 51.7. The van der Waals surface area contributed by atoms with E-state index in [1.54, 1.807) is 12.1 Å². The number of anilines is 1. The Balaban J connectivity index is 1.74. The van der Waals surface area contributed by atoms with Crippen molar-refractivity contribution in [1.29, 1.82) is 0 Å². The lowest BCUT2D eigenvalue weighted by Crippen LogP contribution is -2.34. The predicted octanol–water partition coefficient (Wildman–Crippen LogP) is 4.08. The van der Waals surface area contributed by atoms with E-state index in [2.05, 4.69) is 10.3 Å². The van der Waals surface area contributed by atoms with Crippen molar-refractivity contribution >= 4 is 28.2 Å². The Labute approximate surface area is 135 Å². The fourth-order valence-electron chi connectivity index (χ4n) is 2.83. The Morgan fingerprint density at radius 3 is 2.83 bits per heavy atom. The highest BCUT2D eigenvalue weighted by Crippen LogP contribution is 2.29. The highest BCUT2D eigenvalue weighted by Gasteiger charge is 2.34. The van der Waals surface area contributed by atoms with E-state index in [1.807, 2.05) is 0 Å². The molecule has 23 heavy (non-hydrogen) atoms. The van der Waals surface area contributed by atoms with Crippen LogP contribution in [0.3, 0.4) is 0 Å². The number of nitrogens with zero attached hydrogens (tertiary/aromatic N) is 2. The molecule has 1 N–H and O–H groups in total. The van der Waals surface area contributed by atoms with Crippen LogP contribution >= 0.6 is 11.6 Å². The van der Waals surface area contributed by atoms with Gasteiger partial charge in [0.2, 0.25) is 0 Å². The van der Waals surface area contributed by atoms with Gasteiger partial charge >= 0.3 is 6.18 Å². The molecule has 1 aliphatic rings. The Morgan fingerprint density at radius 2 is 2.09 bits per heavy atom. The minimum Gasteiger partial charge on any atom is -0.379 e. The molecule has 3 nitrogen and oxygen atoms in total. The van der Waals surface area contributed by atoms with Crippen LogP contribution in [0.2, 0.25) is 5.02 Å². The van der Waals surface area contributed by atoms with E-state index < -0.39 is 18.5 Å². The predicted molar refractivity (Wildman–Crippen MR) is 81.2 cm³/mol. The van der Waals surface area contributed by atoms with Gasteiger partial charge in [0.15, 0.2) is 5.82 Å². The molecule has 0 bridgehead atoms. The summed E-state index contributed by atoms with van der Waals surface area (Å²) in [5.41, 5.74) is 0.374. The molecule has 0 radical (unpaired) electrons. The van der Waals surface area contributed by atoms with Gasteiger partial charge in [-0.05, 0) is 24.6 Å². The molecule has 1 aromatic heterocycles. The van der Waals surface area contributed by atoms with Gasteiger partial charge in [0.1, 0.15) is 5.52 Å². The van der Waals surface area contributed by atoms with Crippen molar-refractivity contribution in [3.63, 3.8) is 0 Å². The summed E-state index contributed by atoms with van der Waals surface area (Å²) in [6.45, 7) is -0.390. The Morgan fingerprint density at radius 1 is 1.30 bits per heavy atom. The smallest absolute Gasteiger partial charge is 0.379 e. The third-order valence-corrected chi connectivity index (χ3v) is 4.16. The molecule has 124 valence electrons. The quantitative estimate of drug-likeness (QED) is 0.848. The van der Waals surface area contributed by atoms with E-state index in [0.717, 1.165) is 0 Å². The fraction of sp³-hybridized carbons (Fsp3) is 0.400. The van der Waals surface area contributed by atoms with E-state index >= 15 is 0 Å². The first-order valence-electron chi connectivity index (χ1n) is 7.12. The van der Waals surface area contributed by atoms with Crippen molar-refractivity contribution in [3.8, 4) is 0 Å². The van der Waals surface area contributed by atoms with Crippen LogP contribution in [-0.4, -0.2) is 41.7 Å². The van der Waals surface area contributed by atoms with Gasteiger partial charge in [-0.1, -0.05) is 11.6 Å². The normalized spacial score (nSPS) is 19.4. The molecule has 2 aromatic rings. The number of rotatable bonds is 3. The van der Waals surface area contributed by atoms with Crippen molar-refractivity contribution in [2.24, 2.45) is 0 Å². The standard InChI is InChI=1S/C15H14ClF4N3/c16-11-3-5-21-14-10(11)1-2-12(13(14)17)22-9-4-6-23(7-9)8-15(18,19)20/h1-3,5,9,22H,4,6-8H2. The van der Waals surface area contributed by atoms with Gasteiger partial charge in [0, 0.05) is 30.7 Å². The monoisotopic (exact) mass is 347 g/mol. The average molecular weight is 348 g/mol. The number of fused-ring (bicyclic) bond motifs is 1. The zero-order chi connectivity index (χ0) is 16.6. The Hall–Kier alpha value is -1.60. The van der Waals surface area contributed by atoms with E-state index in [1.165, 1.54) is 17.2 Å². The van der Waals surface area contributed by atoms with Gasteiger partial charge in [0.25, 0.3) is 0 Å². The van der Waals surface area contributed by atoms with Crippen LogP contribution in [0.1, 0.15) is 6.42 Å². The van der Waals surface area contributed by atoms with Crippen LogP contribution in [0.4, 0.5) is 23.2 Å². The van der Waals surface area contributed by atoms with Crippen LogP contribution in [0.15, 0.2) is 24.4 Å². The van der Waals surface area contributed by atoms with Crippen LogP contribution < -0.4 is 5.32 Å². The highest BCUT2D eigenvalue weighted by molar-refractivity contribution is 6.35. The molecule has 1 atom stereocenters. The number of benzene rings is 1. The van der Waals surface area contributed by atoms with Crippen LogP contribution in [0.5, 0.6) is 0 Å². The number of alkyl halides is 3. The molecule has 8 heteroatoms. The summed E-state index contributed by atoms with van der Waals surface area (Å²) >= 11 is 5.99. The summed E-state index contributed by atoms with van der Waals surface area (Å²) in [7, 11) is 0. The minimum atomic E-state index is -4.22. The second-order valence-corrected chi connectivity index (χ2v) is 6.00. The summed E-state index contributed by atoms with van der Waals surface area (Å²) in [6, 6.07) is 4.53. The number of hydrogen-bond acceptors (Lipinski definition) is 3. The Bertz CT molecular complexity index is 720. The SMILES string of the molecule is Fc1c(NC2CCN(CC(F)(F)F)C2)ccc2c(Cl)ccnc12. The number of aromatic nitrogens is 1. The number of nitrogens with one attached hydrogen (secondary N) is 1. The molecule has 3 rings (SSSR count). The van der Waals surface area contributed by atoms with Gasteiger partial charge < -0.3 is 5.32 Å². The average Bonchev–Trinajstić information content (AvgIpc) is 2.88. The van der Waals surface area contributed by atoms with Crippen molar-refractivity contribution in [3.05, 3.63) is 35.2 Å². The molecular formula is C15H14ClF4N3. The van der Waals surface area contributed by atoms with Gasteiger partial charge in [0.05, 0.1) is 17.3 Å². The summed E-state index contributed by atoms with van der Waals surface area (Å²) in [6.07, 6.45) is -2.28. The molecule has 2 heterocycles. The lowest BCUT2D eigenvalue weighted by molar-refractivity contribution is -0.143. The maximum atomic E-state index is 14.5. The second-order valence-electron chi connectivity index (χ2n) is 5.60. The van der Waals surface area contributed by atoms with Gasteiger partial charge in [-0.15, -0.1) is 0 Å². The molecule has 1 aromatic carbocycles. The zero-order valence-corrected chi connectivity index (χ0v) is 12.8. The third kappa shape index (κ3) is 3.67. The molecule has 0 aliphatic carbocycles. The molecule has 0 saturated carbocycles. The molecule has 0 amide bonds. The second kappa shape index (κ2) is 6.13. The molecule has 0 spiro atoms. The number of halogens is 5. The van der Waals surface area contributed by atoms with E-state index in [9.17, 15) is 17.6 Å². The first-order valence-corrected chi connectivity index (χ1v) is 7.49. The van der Waals surface area contributed by atoms with Crippen LogP contribution in [0.25, 0.3) is 10.9 Å². The zero-order valence-electron chi connectivity index (χ0n) is 12.0. The number of pyridine rings is 1. The van der Waals surface area contributed by atoms with E-state index in [0.29, 0.717) is 23.4 Å². The molecule has 1 aliphatic heterocycles. The van der Waals surface area contributed by atoms with Gasteiger partial charge in [-0.3, -0.25) is 9.88 Å². The molecular weight excluding hydrogens is 334 g/mol. The topological polar surface area (TPSA) is 28.2 Å². The van der Waals surface area contributed by atoms with Crippen LogP contribution in [-0.2, 0) is 0 Å². The molecule has 1 unspecified atom stereocenters. The van der Waals surface area contributed by atoms with Crippen molar-refractivity contribution in [2.75, 3.05) is 25.0 Å². The maximum absolute atomic E-state index is 14.5. The lowest BCUT2D eigenvalue weighted by Gasteiger charge is -2.19. The summed E-state index contributed by atoms with van der Waals surface area (Å²) in [5, 5.41) is 3.87. The van der Waals surface area contributed by atoms with Gasteiger partial charge in [-0.2, -0.15) is 13.2 Å². The summed E-state index contributed by atoms with van der Waals surface area (Å²) in [4.78, 5) is 5.29. The third-order valence-electron chi connectivity index (χ3n) is 3.83. The summed E-state index contributed by atoms with van der Waals surface area (Å²) in [5.74, 6) is -0.542. The van der Waals surface area contributed by atoms with Crippen molar-refractivity contribution in [1.82, 2.24) is 9.88 Å². The largest absolute Gasteiger partial charge is 0.401 e. The number of hydrogen-bond donors (Lipinski definition) is 1. The lowest BCUT2D eigenvalue weighted by atomic mass is 10.1. The highest BCUT2D eigenvalue weighted by atomic mass is 35.5. The van der Waals surface area contributed by atoms with Crippen molar-refractivity contribution < 1.29 is 17.6 Å². The Kier molecular flexibility index (Phi) is 4.33. The molecule has 1 fully saturated rings. The fourth-order valence-corrected chi connectivity index (χ4v) is 3.04. The van der Waals surface area contributed by atoms with E-state index in [4.69, 9.17) is 11.6 Å². The molecule has 1 saturated heterocycles. The van der Waals surface area contributed by atoms with E-state index in [-0.39, 0.29) is 23.8 Å². The maximum Gasteiger partial charge on any atom is 0.401 e. The van der Waals surface area contributed by atoms with Gasteiger partial charge in [-0.25, -0.2) is 4.39 Å². The number of likely N-dealkylation sites (tertiary alicyclic amines) is 1. The first kappa shape index (κ1) is 16.3.